The molecule has 1 atom stereocenters. The fraction of sp³-hybridized carbons (Fsp3) is 0.188. The van der Waals surface area contributed by atoms with Crippen LogP contribution in [-0.2, 0) is 0 Å². The molecule has 0 spiro atoms. The Bertz CT molecular complexity index is 789. The van der Waals surface area contributed by atoms with Crippen molar-refractivity contribution in [2.45, 2.75) is 6.17 Å². The van der Waals surface area contributed by atoms with E-state index in [1.165, 1.54) is 6.07 Å². The predicted octanol–water partition coefficient (Wildman–Crippen LogP) is 2.51. The number of rotatable bonds is 3. The molecule has 1 aliphatic heterocycles. The van der Waals surface area contributed by atoms with Crippen LogP contribution in [0.4, 0.5) is 17.1 Å². The van der Waals surface area contributed by atoms with Crippen molar-refractivity contribution in [2.24, 2.45) is 0 Å². The van der Waals surface area contributed by atoms with Gasteiger partial charge in [-0.25, -0.2) is 0 Å². The summed E-state index contributed by atoms with van der Waals surface area (Å²) in [5.74, 6) is -0.205. The first kappa shape index (κ1) is 14.8. The molecule has 0 aliphatic carbocycles. The van der Waals surface area contributed by atoms with E-state index in [1.54, 1.807) is 43.3 Å². The van der Waals surface area contributed by atoms with Crippen molar-refractivity contribution in [1.82, 2.24) is 5.32 Å². The van der Waals surface area contributed by atoms with Crippen molar-refractivity contribution in [3.8, 4) is 0 Å². The number of nitro benzene ring substituents is 1. The maximum Gasteiger partial charge on any atom is 0.292 e. The highest BCUT2D eigenvalue weighted by Crippen LogP contribution is 2.32. The van der Waals surface area contributed by atoms with E-state index in [1.807, 2.05) is 12.1 Å². The van der Waals surface area contributed by atoms with Crippen LogP contribution in [0.25, 0.3) is 0 Å². The molecule has 1 heterocycles. The standard InChI is InChI=1S/C16H16N4O3/c1-19(2)13-8-7-10(9-14(13)20(22)23)15-17-12-6-4-3-5-11(12)16(21)18-15/h3-9,15,17H,1-2H3,(H,18,21). The smallest absolute Gasteiger partial charge is 0.292 e. The molecule has 2 N–H and O–H groups in total. The van der Waals surface area contributed by atoms with Gasteiger partial charge in [0.1, 0.15) is 11.9 Å². The van der Waals surface area contributed by atoms with E-state index in [4.69, 9.17) is 0 Å². The van der Waals surface area contributed by atoms with E-state index in [0.29, 0.717) is 22.5 Å². The second-order valence-electron chi connectivity index (χ2n) is 5.50. The number of carbonyl (C=O) groups excluding carboxylic acids is 1. The lowest BCUT2D eigenvalue weighted by atomic mass is 10.0. The first-order valence-corrected chi connectivity index (χ1v) is 7.09. The molecule has 0 aromatic heterocycles. The molecular weight excluding hydrogens is 296 g/mol. The number of nitrogens with zero attached hydrogens (tertiary/aromatic N) is 2. The zero-order valence-corrected chi connectivity index (χ0v) is 12.7. The van der Waals surface area contributed by atoms with Gasteiger partial charge < -0.3 is 15.5 Å². The van der Waals surface area contributed by atoms with Gasteiger partial charge in [-0.2, -0.15) is 0 Å². The third-order valence-corrected chi connectivity index (χ3v) is 3.76. The van der Waals surface area contributed by atoms with Gasteiger partial charge in [0.05, 0.1) is 10.5 Å². The summed E-state index contributed by atoms with van der Waals surface area (Å²) in [6.45, 7) is 0. The lowest BCUT2D eigenvalue weighted by Crippen LogP contribution is -2.38. The highest BCUT2D eigenvalue weighted by molar-refractivity contribution is 6.01. The Labute approximate surface area is 133 Å². The van der Waals surface area contributed by atoms with Gasteiger partial charge in [-0.05, 0) is 18.2 Å². The maximum absolute atomic E-state index is 12.2. The predicted molar refractivity (Wildman–Crippen MR) is 87.7 cm³/mol. The average Bonchev–Trinajstić information content (AvgIpc) is 2.54. The van der Waals surface area contributed by atoms with E-state index in [2.05, 4.69) is 10.6 Å². The lowest BCUT2D eigenvalue weighted by molar-refractivity contribution is -0.384. The SMILES string of the molecule is CN(C)c1ccc(C2NC(=O)c3ccccc3N2)cc1[N+](=O)[O-]. The van der Waals surface area contributed by atoms with Gasteiger partial charge in [0.2, 0.25) is 0 Å². The van der Waals surface area contributed by atoms with Crippen LogP contribution >= 0.6 is 0 Å². The quantitative estimate of drug-likeness (QED) is 0.671. The van der Waals surface area contributed by atoms with Gasteiger partial charge >= 0.3 is 0 Å². The van der Waals surface area contributed by atoms with Gasteiger partial charge in [-0.3, -0.25) is 14.9 Å². The van der Waals surface area contributed by atoms with Gasteiger partial charge in [-0.15, -0.1) is 0 Å². The Balaban J connectivity index is 1.99. The Morgan fingerprint density at radius 3 is 2.57 bits per heavy atom. The third kappa shape index (κ3) is 2.68. The number of hydrogen-bond donors (Lipinski definition) is 2. The number of carbonyl (C=O) groups is 1. The average molecular weight is 312 g/mol. The third-order valence-electron chi connectivity index (χ3n) is 3.76. The number of nitro groups is 1. The summed E-state index contributed by atoms with van der Waals surface area (Å²) in [5, 5.41) is 17.3. The molecular formula is C16H16N4O3. The molecule has 7 nitrogen and oxygen atoms in total. The van der Waals surface area contributed by atoms with E-state index < -0.39 is 11.1 Å². The van der Waals surface area contributed by atoms with Crippen LogP contribution in [0.5, 0.6) is 0 Å². The molecule has 1 aliphatic rings. The van der Waals surface area contributed by atoms with Crippen molar-refractivity contribution in [2.75, 3.05) is 24.3 Å². The Morgan fingerprint density at radius 2 is 1.87 bits per heavy atom. The van der Waals surface area contributed by atoms with Crippen molar-refractivity contribution < 1.29 is 9.72 Å². The minimum atomic E-state index is -0.507. The van der Waals surface area contributed by atoms with Crippen LogP contribution in [0.2, 0.25) is 0 Å². The van der Waals surface area contributed by atoms with Crippen molar-refractivity contribution in [3.63, 3.8) is 0 Å². The zero-order chi connectivity index (χ0) is 16.6. The fourth-order valence-corrected chi connectivity index (χ4v) is 2.62. The highest BCUT2D eigenvalue weighted by Gasteiger charge is 2.26. The Kier molecular flexibility index (Phi) is 3.61. The number of nitrogens with one attached hydrogen (secondary N) is 2. The highest BCUT2D eigenvalue weighted by atomic mass is 16.6. The molecule has 0 fully saturated rings. The molecule has 3 rings (SSSR count). The maximum atomic E-state index is 12.2. The summed E-state index contributed by atoms with van der Waals surface area (Å²) in [4.78, 5) is 24.7. The number of benzene rings is 2. The van der Waals surface area contributed by atoms with Gasteiger partial charge in [0.25, 0.3) is 11.6 Å². The molecule has 1 unspecified atom stereocenters. The fourth-order valence-electron chi connectivity index (χ4n) is 2.62. The van der Waals surface area contributed by atoms with Gasteiger partial charge in [0, 0.05) is 31.4 Å². The van der Waals surface area contributed by atoms with E-state index in [-0.39, 0.29) is 11.6 Å². The molecule has 0 saturated carbocycles. The number of hydrogen-bond acceptors (Lipinski definition) is 5. The van der Waals surface area contributed by atoms with Crippen molar-refractivity contribution >= 4 is 23.0 Å². The molecule has 0 bridgehead atoms. The summed E-state index contributed by atoms with van der Waals surface area (Å²) in [5.41, 5.74) is 2.41. The van der Waals surface area contributed by atoms with Crippen LogP contribution in [0, 0.1) is 10.1 Å². The summed E-state index contributed by atoms with van der Waals surface area (Å²) in [7, 11) is 3.50. The molecule has 118 valence electrons. The summed E-state index contributed by atoms with van der Waals surface area (Å²) < 4.78 is 0. The van der Waals surface area contributed by atoms with Crippen molar-refractivity contribution in [3.05, 3.63) is 63.7 Å². The molecule has 0 radical (unpaired) electrons. The topological polar surface area (TPSA) is 87.5 Å². The summed E-state index contributed by atoms with van der Waals surface area (Å²) >= 11 is 0. The van der Waals surface area contributed by atoms with Gasteiger partial charge in [0.15, 0.2) is 0 Å². The van der Waals surface area contributed by atoms with E-state index in [9.17, 15) is 14.9 Å². The first-order chi connectivity index (χ1) is 11.0. The van der Waals surface area contributed by atoms with Crippen LogP contribution < -0.4 is 15.5 Å². The van der Waals surface area contributed by atoms with Crippen LogP contribution in [0.15, 0.2) is 42.5 Å². The monoisotopic (exact) mass is 312 g/mol. The minimum absolute atomic E-state index is 0.00223. The summed E-state index contributed by atoms with van der Waals surface area (Å²) in [6, 6.07) is 12.1. The lowest BCUT2D eigenvalue weighted by Gasteiger charge is -2.28. The number of fused-ring (bicyclic) bond motifs is 1. The normalized spacial score (nSPS) is 16.1. The Morgan fingerprint density at radius 1 is 1.13 bits per heavy atom. The Hall–Kier alpha value is -3.09. The second-order valence-corrected chi connectivity index (χ2v) is 5.50. The molecule has 2 aromatic rings. The number of para-hydroxylation sites is 1. The number of amides is 1. The second kappa shape index (κ2) is 5.60. The van der Waals surface area contributed by atoms with Crippen molar-refractivity contribution in [1.29, 1.82) is 0 Å². The summed E-state index contributed by atoms with van der Waals surface area (Å²) in [6.07, 6.45) is -0.507. The minimum Gasteiger partial charge on any atom is -0.372 e. The van der Waals surface area contributed by atoms with Crippen LogP contribution in [0.3, 0.4) is 0 Å². The zero-order valence-electron chi connectivity index (χ0n) is 12.7. The molecule has 0 saturated heterocycles. The van der Waals surface area contributed by atoms with Gasteiger partial charge in [-0.1, -0.05) is 18.2 Å². The molecule has 7 heteroatoms. The molecule has 2 aromatic carbocycles. The number of anilines is 2. The van der Waals surface area contributed by atoms with E-state index in [0.717, 1.165) is 0 Å². The molecule has 1 amide bonds. The largest absolute Gasteiger partial charge is 0.372 e. The first-order valence-electron chi connectivity index (χ1n) is 7.09. The molecule has 23 heavy (non-hydrogen) atoms. The van der Waals surface area contributed by atoms with Crippen LogP contribution in [-0.4, -0.2) is 24.9 Å². The van der Waals surface area contributed by atoms with E-state index >= 15 is 0 Å². The van der Waals surface area contributed by atoms with Crippen LogP contribution in [0.1, 0.15) is 22.1 Å².